The Hall–Kier alpha value is -0.610. The van der Waals surface area contributed by atoms with E-state index in [0.717, 1.165) is 15.9 Å². The van der Waals surface area contributed by atoms with E-state index in [4.69, 9.17) is 5.11 Å². The van der Waals surface area contributed by atoms with Crippen molar-refractivity contribution in [3.8, 4) is 0 Å². The molecule has 0 saturated heterocycles. The largest absolute Gasteiger partial charge is 0.395 e. The summed E-state index contributed by atoms with van der Waals surface area (Å²) in [6.07, 6.45) is 1.79. The average molecular weight is 273 g/mol. The zero-order chi connectivity index (χ0) is 11.4. The van der Waals surface area contributed by atoms with Crippen molar-refractivity contribution in [2.24, 2.45) is 0 Å². The van der Waals surface area contributed by atoms with E-state index in [1.807, 2.05) is 13.0 Å². The number of halogens is 1. The van der Waals surface area contributed by atoms with E-state index in [-0.39, 0.29) is 6.61 Å². The minimum absolute atomic E-state index is 0.148. The van der Waals surface area contributed by atoms with Gasteiger partial charge in [0.15, 0.2) is 0 Å². The van der Waals surface area contributed by atoms with E-state index in [1.165, 1.54) is 0 Å². The SMILES string of the molecule is Cc1cc(Br)cnc1N(CCO)C(C)C. The molecule has 1 aromatic heterocycles. The van der Waals surface area contributed by atoms with Crippen molar-refractivity contribution in [3.63, 3.8) is 0 Å². The molecule has 0 bridgehead atoms. The van der Waals surface area contributed by atoms with Crippen LogP contribution in [0.3, 0.4) is 0 Å². The Morgan fingerprint density at radius 2 is 2.20 bits per heavy atom. The first-order valence-corrected chi connectivity index (χ1v) is 5.85. The van der Waals surface area contributed by atoms with Gasteiger partial charge in [0.25, 0.3) is 0 Å². The molecule has 0 radical (unpaired) electrons. The fourth-order valence-electron chi connectivity index (χ4n) is 1.55. The van der Waals surface area contributed by atoms with E-state index >= 15 is 0 Å². The van der Waals surface area contributed by atoms with Crippen molar-refractivity contribution in [2.75, 3.05) is 18.1 Å². The molecule has 1 rings (SSSR count). The fraction of sp³-hybridized carbons (Fsp3) is 0.545. The summed E-state index contributed by atoms with van der Waals surface area (Å²) in [5.41, 5.74) is 1.12. The molecule has 0 aromatic carbocycles. The lowest BCUT2D eigenvalue weighted by Crippen LogP contribution is -2.34. The Morgan fingerprint density at radius 3 is 2.67 bits per heavy atom. The van der Waals surface area contributed by atoms with Crippen LogP contribution in [0, 0.1) is 6.92 Å². The van der Waals surface area contributed by atoms with Crippen LogP contribution >= 0.6 is 15.9 Å². The molecule has 0 saturated carbocycles. The average Bonchev–Trinajstić information content (AvgIpc) is 2.15. The Balaban J connectivity index is 3.00. The molecule has 0 aliphatic rings. The maximum absolute atomic E-state index is 9.01. The molecule has 4 heteroatoms. The molecule has 3 nitrogen and oxygen atoms in total. The quantitative estimate of drug-likeness (QED) is 0.914. The number of aryl methyl sites for hydroxylation is 1. The van der Waals surface area contributed by atoms with Gasteiger partial charge in [0.1, 0.15) is 5.82 Å². The van der Waals surface area contributed by atoms with Gasteiger partial charge in [0.05, 0.1) is 6.61 Å². The van der Waals surface area contributed by atoms with Gasteiger partial charge in [-0.15, -0.1) is 0 Å². The lowest BCUT2D eigenvalue weighted by molar-refractivity contribution is 0.298. The Morgan fingerprint density at radius 1 is 1.53 bits per heavy atom. The summed E-state index contributed by atoms with van der Waals surface area (Å²) < 4.78 is 0.983. The van der Waals surface area contributed by atoms with Gasteiger partial charge in [0.2, 0.25) is 0 Å². The molecule has 1 N–H and O–H groups in total. The molecule has 1 aromatic rings. The molecule has 0 aliphatic carbocycles. The Kier molecular flexibility index (Phi) is 4.54. The third-order valence-electron chi connectivity index (χ3n) is 2.25. The van der Waals surface area contributed by atoms with Crippen LogP contribution in [0.25, 0.3) is 0 Å². The Bertz CT molecular complexity index is 328. The number of pyridine rings is 1. The van der Waals surface area contributed by atoms with E-state index in [9.17, 15) is 0 Å². The summed E-state index contributed by atoms with van der Waals surface area (Å²) in [5.74, 6) is 0.947. The molecule has 15 heavy (non-hydrogen) atoms. The molecular weight excluding hydrogens is 256 g/mol. The van der Waals surface area contributed by atoms with Crippen LogP contribution in [0.4, 0.5) is 5.82 Å². The summed E-state index contributed by atoms with van der Waals surface area (Å²) in [6.45, 7) is 6.99. The van der Waals surface area contributed by atoms with E-state index in [0.29, 0.717) is 12.6 Å². The number of rotatable bonds is 4. The highest BCUT2D eigenvalue weighted by atomic mass is 79.9. The number of aliphatic hydroxyl groups is 1. The number of nitrogens with zero attached hydrogens (tertiary/aromatic N) is 2. The normalized spacial score (nSPS) is 10.8. The maximum atomic E-state index is 9.01. The van der Waals surface area contributed by atoms with Crippen molar-refractivity contribution < 1.29 is 5.11 Å². The van der Waals surface area contributed by atoms with Crippen LogP contribution < -0.4 is 4.90 Å². The highest BCUT2D eigenvalue weighted by molar-refractivity contribution is 9.10. The van der Waals surface area contributed by atoms with Crippen molar-refractivity contribution >= 4 is 21.7 Å². The van der Waals surface area contributed by atoms with E-state index in [2.05, 4.69) is 39.7 Å². The third-order valence-corrected chi connectivity index (χ3v) is 2.69. The number of hydrogen-bond acceptors (Lipinski definition) is 3. The van der Waals surface area contributed by atoms with Crippen LogP contribution in [0.15, 0.2) is 16.7 Å². The van der Waals surface area contributed by atoms with E-state index < -0.39 is 0 Å². The number of hydrogen-bond donors (Lipinski definition) is 1. The van der Waals surface area contributed by atoms with Crippen LogP contribution in [-0.4, -0.2) is 29.3 Å². The predicted molar refractivity (Wildman–Crippen MR) is 66.2 cm³/mol. The molecule has 84 valence electrons. The highest BCUT2D eigenvalue weighted by Crippen LogP contribution is 2.21. The summed E-state index contributed by atoms with van der Waals surface area (Å²) in [7, 11) is 0. The molecule has 0 aliphatic heterocycles. The Labute approximate surface area is 99.3 Å². The standard InChI is InChI=1S/C11H17BrN2O/c1-8(2)14(4-5-15)11-9(3)6-10(12)7-13-11/h6-8,15H,4-5H2,1-3H3. The number of aliphatic hydroxyl groups excluding tert-OH is 1. The number of anilines is 1. The smallest absolute Gasteiger partial charge is 0.131 e. The highest BCUT2D eigenvalue weighted by Gasteiger charge is 2.13. The lowest BCUT2D eigenvalue weighted by Gasteiger charge is -2.28. The fourth-order valence-corrected chi connectivity index (χ4v) is 2.00. The third kappa shape index (κ3) is 3.18. The van der Waals surface area contributed by atoms with Gasteiger partial charge < -0.3 is 10.0 Å². The van der Waals surface area contributed by atoms with Crippen LogP contribution in [0.1, 0.15) is 19.4 Å². The van der Waals surface area contributed by atoms with Crippen LogP contribution in [-0.2, 0) is 0 Å². The van der Waals surface area contributed by atoms with E-state index in [1.54, 1.807) is 6.20 Å². The van der Waals surface area contributed by atoms with Gasteiger partial charge >= 0.3 is 0 Å². The molecule has 0 fully saturated rings. The first-order valence-electron chi connectivity index (χ1n) is 5.06. The second kappa shape index (κ2) is 5.47. The van der Waals surface area contributed by atoms with Crippen molar-refractivity contribution in [2.45, 2.75) is 26.8 Å². The molecule has 0 spiro atoms. The summed E-state index contributed by atoms with van der Waals surface area (Å²) in [5, 5.41) is 9.01. The second-order valence-electron chi connectivity index (χ2n) is 3.80. The second-order valence-corrected chi connectivity index (χ2v) is 4.72. The minimum atomic E-state index is 0.148. The van der Waals surface area contributed by atoms with Gasteiger partial charge in [-0.05, 0) is 48.3 Å². The summed E-state index contributed by atoms with van der Waals surface area (Å²) in [4.78, 5) is 6.48. The van der Waals surface area contributed by atoms with Gasteiger partial charge in [-0.3, -0.25) is 0 Å². The van der Waals surface area contributed by atoms with Gasteiger partial charge in [-0.2, -0.15) is 0 Å². The lowest BCUT2D eigenvalue weighted by atomic mass is 10.2. The topological polar surface area (TPSA) is 36.4 Å². The monoisotopic (exact) mass is 272 g/mol. The van der Waals surface area contributed by atoms with Gasteiger partial charge in [-0.25, -0.2) is 4.98 Å². The summed E-state index contributed by atoms with van der Waals surface area (Å²) in [6, 6.07) is 2.37. The predicted octanol–water partition coefficient (Wildman–Crippen LogP) is 2.36. The molecule has 0 unspecified atom stereocenters. The first kappa shape index (κ1) is 12.5. The van der Waals surface area contributed by atoms with Crippen molar-refractivity contribution in [1.29, 1.82) is 0 Å². The van der Waals surface area contributed by atoms with Crippen molar-refractivity contribution in [3.05, 3.63) is 22.3 Å². The van der Waals surface area contributed by atoms with Gasteiger partial charge in [-0.1, -0.05) is 0 Å². The molecule has 0 amide bonds. The first-order chi connectivity index (χ1) is 7.06. The molecule has 1 heterocycles. The molecular formula is C11H17BrN2O. The molecule has 0 atom stereocenters. The maximum Gasteiger partial charge on any atom is 0.131 e. The zero-order valence-corrected chi connectivity index (χ0v) is 11.0. The van der Waals surface area contributed by atoms with Crippen LogP contribution in [0.2, 0.25) is 0 Å². The zero-order valence-electron chi connectivity index (χ0n) is 9.37. The minimum Gasteiger partial charge on any atom is -0.395 e. The van der Waals surface area contributed by atoms with Crippen LogP contribution in [0.5, 0.6) is 0 Å². The number of aromatic nitrogens is 1. The van der Waals surface area contributed by atoms with Gasteiger partial charge in [0, 0.05) is 23.3 Å². The van der Waals surface area contributed by atoms with Crippen molar-refractivity contribution in [1.82, 2.24) is 4.98 Å². The summed E-state index contributed by atoms with van der Waals surface area (Å²) >= 11 is 3.39.